The molecule has 1 unspecified atom stereocenters. The molecule has 21 heavy (non-hydrogen) atoms. The third-order valence-corrected chi connectivity index (χ3v) is 3.56. The van der Waals surface area contributed by atoms with E-state index in [1.54, 1.807) is 0 Å². The van der Waals surface area contributed by atoms with Gasteiger partial charge in [0.1, 0.15) is 6.04 Å². The Kier molecular flexibility index (Phi) is 7.36. The van der Waals surface area contributed by atoms with Crippen molar-refractivity contribution in [2.75, 3.05) is 20.8 Å². The van der Waals surface area contributed by atoms with Crippen LogP contribution in [-0.4, -0.2) is 43.7 Å². The maximum atomic E-state index is 11.8. The molecule has 0 fully saturated rings. The van der Waals surface area contributed by atoms with Crippen LogP contribution in [0.5, 0.6) is 0 Å². The Morgan fingerprint density at radius 2 is 1.95 bits per heavy atom. The first-order valence-electron chi connectivity index (χ1n) is 7.25. The van der Waals surface area contributed by atoms with Crippen LogP contribution in [-0.2, 0) is 22.6 Å². The van der Waals surface area contributed by atoms with Crippen molar-refractivity contribution in [1.29, 1.82) is 0 Å². The molecule has 0 heterocycles. The SMILES string of the molecule is COCC(N)C(=O)NCc1ccccc1CN(C)C(C)C. The average molecular weight is 293 g/mol. The van der Waals surface area contributed by atoms with Crippen molar-refractivity contribution >= 4 is 5.91 Å². The van der Waals surface area contributed by atoms with Gasteiger partial charge in [-0.1, -0.05) is 24.3 Å². The predicted molar refractivity (Wildman–Crippen MR) is 84.7 cm³/mol. The van der Waals surface area contributed by atoms with Crippen LogP contribution < -0.4 is 11.1 Å². The highest BCUT2D eigenvalue weighted by molar-refractivity contribution is 5.81. The molecule has 1 atom stereocenters. The molecule has 0 saturated carbocycles. The highest BCUT2D eigenvalue weighted by Crippen LogP contribution is 2.12. The Balaban J connectivity index is 2.65. The van der Waals surface area contributed by atoms with Gasteiger partial charge in [-0.25, -0.2) is 0 Å². The van der Waals surface area contributed by atoms with Gasteiger partial charge in [-0.15, -0.1) is 0 Å². The maximum absolute atomic E-state index is 11.8. The first-order valence-corrected chi connectivity index (χ1v) is 7.25. The molecule has 0 radical (unpaired) electrons. The van der Waals surface area contributed by atoms with E-state index in [0.29, 0.717) is 12.6 Å². The summed E-state index contributed by atoms with van der Waals surface area (Å²) < 4.78 is 4.89. The molecule has 5 heteroatoms. The molecule has 0 aliphatic rings. The standard InChI is InChI=1S/C16H27N3O2/c1-12(2)19(3)10-14-8-6-5-7-13(14)9-18-16(20)15(17)11-21-4/h5-8,12,15H,9-11,17H2,1-4H3,(H,18,20). The minimum absolute atomic E-state index is 0.191. The van der Waals surface area contributed by atoms with Gasteiger partial charge >= 0.3 is 0 Å². The number of carbonyl (C=O) groups excluding carboxylic acids is 1. The number of nitrogens with two attached hydrogens (primary N) is 1. The zero-order valence-electron chi connectivity index (χ0n) is 13.4. The predicted octanol–water partition coefficient (Wildman–Crippen LogP) is 1.12. The molecule has 0 bridgehead atoms. The van der Waals surface area contributed by atoms with Crippen molar-refractivity contribution in [3.05, 3.63) is 35.4 Å². The molecule has 0 saturated heterocycles. The molecule has 1 aromatic rings. The van der Waals surface area contributed by atoms with Gasteiger partial charge in [-0.2, -0.15) is 0 Å². The summed E-state index contributed by atoms with van der Waals surface area (Å²) in [6.45, 7) is 5.89. The molecular formula is C16H27N3O2. The fourth-order valence-electron chi connectivity index (χ4n) is 1.90. The Bertz CT molecular complexity index is 449. The van der Waals surface area contributed by atoms with Crippen molar-refractivity contribution in [1.82, 2.24) is 10.2 Å². The van der Waals surface area contributed by atoms with Crippen LogP contribution in [0.25, 0.3) is 0 Å². The van der Waals surface area contributed by atoms with Crippen LogP contribution in [0, 0.1) is 0 Å². The quantitative estimate of drug-likeness (QED) is 0.753. The van der Waals surface area contributed by atoms with Crippen molar-refractivity contribution in [3.8, 4) is 0 Å². The van der Waals surface area contributed by atoms with Gasteiger partial charge in [-0.3, -0.25) is 9.69 Å². The maximum Gasteiger partial charge on any atom is 0.239 e. The number of carbonyl (C=O) groups is 1. The van der Waals surface area contributed by atoms with E-state index in [-0.39, 0.29) is 12.5 Å². The lowest BCUT2D eigenvalue weighted by Gasteiger charge is -2.22. The number of benzene rings is 1. The van der Waals surface area contributed by atoms with E-state index in [9.17, 15) is 4.79 Å². The Hall–Kier alpha value is -1.43. The minimum atomic E-state index is -0.625. The first-order chi connectivity index (χ1) is 9.95. The van der Waals surface area contributed by atoms with Crippen LogP contribution in [0.1, 0.15) is 25.0 Å². The van der Waals surface area contributed by atoms with Crippen molar-refractivity contribution < 1.29 is 9.53 Å². The van der Waals surface area contributed by atoms with Gasteiger partial charge in [-0.05, 0) is 32.0 Å². The number of amides is 1. The third kappa shape index (κ3) is 5.83. The molecule has 0 aliphatic carbocycles. The molecular weight excluding hydrogens is 266 g/mol. The lowest BCUT2D eigenvalue weighted by molar-refractivity contribution is -0.123. The van der Waals surface area contributed by atoms with Crippen LogP contribution in [0.4, 0.5) is 0 Å². The zero-order valence-corrected chi connectivity index (χ0v) is 13.4. The molecule has 1 aromatic carbocycles. The normalized spacial score (nSPS) is 12.7. The fraction of sp³-hybridized carbons (Fsp3) is 0.562. The molecule has 0 aliphatic heterocycles. The van der Waals surface area contributed by atoms with Gasteiger partial charge in [0.2, 0.25) is 5.91 Å². The van der Waals surface area contributed by atoms with E-state index in [1.165, 1.54) is 12.7 Å². The van der Waals surface area contributed by atoms with Crippen molar-refractivity contribution in [3.63, 3.8) is 0 Å². The summed E-state index contributed by atoms with van der Waals surface area (Å²) in [5.74, 6) is -0.191. The van der Waals surface area contributed by atoms with E-state index >= 15 is 0 Å². The number of hydrogen-bond acceptors (Lipinski definition) is 4. The second-order valence-electron chi connectivity index (χ2n) is 5.56. The smallest absolute Gasteiger partial charge is 0.239 e. The lowest BCUT2D eigenvalue weighted by Crippen LogP contribution is -2.43. The van der Waals surface area contributed by atoms with Gasteiger partial charge in [0.15, 0.2) is 0 Å². The van der Waals surface area contributed by atoms with E-state index < -0.39 is 6.04 Å². The summed E-state index contributed by atoms with van der Waals surface area (Å²) in [4.78, 5) is 14.1. The lowest BCUT2D eigenvalue weighted by atomic mass is 10.1. The number of rotatable bonds is 8. The Labute approximate surface area is 127 Å². The van der Waals surface area contributed by atoms with E-state index in [1.807, 2.05) is 18.2 Å². The minimum Gasteiger partial charge on any atom is -0.383 e. The number of nitrogens with zero attached hydrogens (tertiary/aromatic N) is 1. The summed E-state index contributed by atoms with van der Waals surface area (Å²) in [5.41, 5.74) is 8.04. The summed E-state index contributed by atoms with van der Waals surface area (Å²) in [6.07, 6.45) is 0. The van der Waals surface area contributed by atoms with Crippen LogP contribution in [0.15, 0.2) is 24.3 Å². The van der Waals surface area contributed by atoms with E-state index in [2.05, 4.69) is 37.2 Å². The summed E-state index contributed by atoms with van der Waals surface area (Å²) in [7, 11) is 3.62. The van der Waals surface area contributed by atoms with Crippen molar-refractivity contribution in [2.24, 2.45) is 5.73 Å². The second kappa shape index (κ2) is 8.77. The van der Waals surface area contributed by atoms with E-state index in [0.717, 1.165) is 12.1 Å². The highest BCUT2D eigenvalue weighted by Gasteiger charge is 2.13. The van der Waals surface area contributed by atoms with Crippen LogP contribution in [0.3, 0.4) is 0 Å². The molecule has 0 spiro atoms. The topological polar surface area (TPSA) is 67.6 Å². The molecule has 1 amide bonds. The average Bonchev–Trinajstić information content (AvgIpc) is 2.46. The van der Waals surface area contributed by atoms with Crippen LogP contribution >= 0.6 is 0 Å². The van der Waals surface area contributed by atoms with Gasteiger partial charge in [0.25, 0.3) is 0 Å². The largest absolute Gasteiger partial charge is 0.383 e. The zero-order chi connectivity index (χ0) is 15.8. The molecule has 118 valence electrons. The molecule has 5 nitrogen and oxygen atoms in total. The molecule has 1 rings (SSSR count). The highest BCUT2D eigenvalue weighted by atomic mass is 16.5. The summed E-state index contributed by atoms with van der Waals surface area (Å²) in [5, 5.41) is 2.86. The Morgan fingerprint density at radius 1 is 1.33 bits per heavy atom. The van der Waals surface area contributed by atoms with Gasteiger partial charge < -0.3 is 15.8 Å². The summed E-state index contributed by atoms with van der Waals surface area (Å²) >= 11 is 0. The first kappa shape index (κ1) is 17.6. The number of methoxy groups -OCH3 is 1. The second-order valence-corrected chi connectivity index (χ2v) is 5.56. The van der Waals surface area contributed by atoms with Crippen molar-refractivity contribution in [2.45, 2.75) is 39.0 Å². The number of ether oxygens (including phenoxy) is 1. The molecule has 0 aromatic heterocycles. The Morgan fingerprint density at radius 3 is 2.52 bits per heavy atom. The molecule has 3 N–H and O–H groups in total. The van der Waals surface area contributed by atoms with Gasteiger partial charge in [0.05, 0.1) is 6.61 Å². The summed E-state index contributed by atoms with van der Waals surface area (Å²) in [6, 6.07) is 7.98. The number of hydrogen-bond donors (Lipinski definition) is 2. The number of nitrogens with one attached hydrogen (secondary N) is 1. The van der Waals surface area contributed by atoms with Gasteiger partial charge in [0, 0.05) is 26.2 Å². The third-order valence-electron chi connectivity index (χ3n) is 3.56. The monoisotopic (exact) mass is 293 g/mol. The van der Waals surface area contributed by atoms with E-state index in [4.69, 9.17) is 10.5 Å². The van der Waals surface area contributed by atoms with Crippen LogP contribution in [0.2, 0.25) is 0 Å². The fourth-order valence-corrected chi connectivity index (χ4v) is 1.90.